The Morgan fingerprint density at radius 3 is 2.55 bits per heavy atom. The maximum Gasteiger partial charge on any atom is 0.416 e. The lowest BCUT2D eigenvalue weighted by atomic mass is 9.58. The molecule has 1 aliphatic heterocycles. The quantitative estimate of drug-likeness (QED) is 0.308. The first-order valence-corrected chi connectivity index (χ1v) is 10.5. The summed E-state index contributed by atoms with van der Waals surface area (Å²) in [5.74, 6) is 0.347. The van der Waals surface area contributed by atoms with Crippen molar-refractivity contribution in [2.24, 2.45) is 11.7 Å². The fourth-order valence-corrected chi connectivity index (χ4v) is 5.06. The molecule has 33 heavy (non-hydrogen) atoms. The number of amidine groups is 1. The van der Waals surface area contributed by atoms with E-state index in [1.54, 1.807) is 29.8 Å². The molecule has 6 nitrogen and oxygen atoms in total. The summed E-state index contributed by atoms with van der Waals surface area (Å²) in [6.07, 6.45) is -1.72. The van der Waals surface area contributed by atoms with Crippen LogP contribution < -0.4 is 10.6 Å². The third-order valence-corrected chi connectivity index (χ3v) is 6.67. The number of carbonyl (C=O) groups is 2. The molecule has 2 aromatic carbocycles. The third kappa shape index (κ3) is 3.61. The van der Waals surface area contributed by atoms with Gasteiger partial charge in [0.25, 0.3) is 5.91 Å². The Morgan fingerprint density at radius 2 is 1.97 bits per heavy atom. The largest absolute Gasteiger partial charge is 0.416 e. The van der Waals surface area contributed by atoms with Crippen LogP contribution >= 0.6 is 0 Å². The van der Waals surface area contributed by atoms with Gasteiger partial charge in [0.15, 0.2) is 0 Å². The lowest BCUT2D eigenvalue weighted by Gasteiger charge is -2.45. The first-order valence-electron chi connectivity index (χ1n) is 10.5. The summed E-state index contributed by atoms with van der Waals surface area (Å²) >= 11 is 0. The van der Waals surface area contributed by atoms with E-state index in [9.17, 15) is 22.8 Å². The van der Waals surface area contributed by atoms with Crippen molar-refractivity contribution in [3.05, 3.63) is 64.2 Å². The Hall–Kier alpha value is -3.49. The lowest BCUT2D eigenvalue weighted by molar-refractivity contribution is -0.368. The normalized spacial score (nSPS) is 23.0. The Balaban J connectivity index is 1.78. The zero-order valence-electron chi connectivity index (χ0n) is 18.2. The van der Waals surface area contributed by atoms with E-state index in [-0.39, 0.29) is 23.2 Å². The zero-order chi connectivity index (χ0) is 24.1. The van der Waals surface area contributed by atoms with E-state index in [4.69, 9.17) is 11.1 Å². The molecular weight excluding hydrogens is 433 g/mol. The number of nitrogens with two attached hydrogens (primary N) is 1. The Bertz CT molecular complexity index is 1200. The highest BCUT2D eigenvalue weighted by Crippen LogP contribution is 2.49. The number of rotatable bonds is 5. The van der Waals surface area contributed by atoms with Gasteiger partial charge in [-0.1, -0.05) is 19.1 Å². The number of nitrogens with zero attached hydrogens (tertiary/aromatic N) is 2. The summed E-state index contributed by atoms with van der Waals surface area (Å²) < 4.78 is 42.5. The molecule has 172 valence electrons. The van der Waals surface area contributed by atoms with Crippen molar-refractivity contribution in [3.8, 4) is 0 Å². The van der Waals surface area contributed by atoms with Crippen molar-refractivity contribution in [2.75, 3.05) is 11.9 Å². The van der Waals surface area contributed by atoms with Crippen molar-refractivity contribution >= 4 is 30.1 Å². The summed E-state index contributed by atoms with van der Waals surface area (Å²) in [5.41, 5.74) is 5.80. The first kappa shape index (κ1) is 22.7. The van der Waals surface area contributed by atoms with Gasteiger partial charge in [0.2, 0.25) is 12.2 Å². The molecule has 9 heteroatoms. The van der Waals surface area contributed by atoms with Gasteiger partial charge in [-0.15, -0.1) is 0 Å². The minimum atomic E-state index is -4.69. The average Bonchev–Trinajstić information content (AvgIpc) is 3.10. The summed E-state index contributed by atoms with van der Waals surface area (Å²) in [4.78, 5) is 25.6. The summed E-state index contributed by atoms with van der Waals surface area (Å²) in [6, 6.07) is 9.10. The highest BCUT2D eigenvalue weighted by atomic mass is 19.4. The molecule has 1 heterocycles. The molecule has 2 aromatic rings. The number of hydrogen-bond acceptors (Lipinski definition) is 3. The molecule has 0 aromatic heterocycles. The van der Waals surface area contributed by atoms with Gasteiger partial charge in [-0.05, 0) is 54.2 Å². The molecule has 4 rings (SSSR count). The number of amides is 1. The fraction of sp³-hybridized carbons (Fsp3) is 0.333. The van der Waals surface area contributed by atoms with Gasteiger partial charge in [0.05, 0.1) is 24.6 Å². The molecule has 0 saturated heterocycles. The van der Waals surface area contributed by atoms with Crippen molar-refractivity contribution in [1.29, 1.82) is 5.41 Å². The van der Waals surface area contributed by atoms with E-state index in [1.165, 1.54) is 11.0 Å². The molecule has 0 atom stereocenters. The zero-order valence-corrected chi connectivity index (χ0v) is 18.2. The minimum Gasteiger partial charge on any atom is -0.321 e. The number of aldehydes is 1. The highest BCUT2D eigenvalue weighted by Gasteiger charge is 2.50. The van der Waals surface area contributed by atoms with E-state index < -0.39 is 23.1 Å². The Morgan fingerprint density at radius 1 is 1.27 bits per heavy atom. The highest BCUT2D eigenvalue weighted by molar-refractivity contribution is 6.11. The van der Waals surface area contributed by atoms with Crippen LogP contribution in [0, 0.1) is 11.3 Å². The van der Waals surface area contributed by atoms with E-state index >= 15 is 0 Å². The Kier molecular flexibility index (Phi) is 5.38. The predicted molar refractivity (Wildman–Crippen MR) is 118 cm³/mol. The molecule has 1 saturated carbocycles. The Labute approximate surface area is 189 Å². The maximum absolute atomic E-state index is 13.6. The number of carbonyl (C=O) groups excluding carboxylic acids is 2. The second-order valence-electron chi connectivity index (χ2n) is 8.87. The van der Waals surface area contributed by atoms with Crippen LogP contribution in [-0.4, -0.2) is 36.0 Å². The van der Waals surface area contributed by atoms with Crippen LogP contribution in [0.5, 0.6) is 0 Å². The molecule has 1 aliphatic carbocycles. The smallest absolute Gasteiger partial charge is 0.321 e. The van der Waals surface area contributed by atoms with Crippen LogP contribution in [-0.2, 0) is 18.1 Å². The SMILES string of the molecule is CC1CC(C(N)=[N+](C)C=N)(c2cccc(N3Cc4c(cc(C=O)cc4C(F)(F)F)C3=O)c2)C1. The number of hydrogen-bond donors (Lipinski definition) is 2. The number of halogens is 3. The van der Waals surface area contributed by atoms with Crippen LogP contribution in [0.1, 0.15) is 57.2 Å². The predicted octanol–water partition coefficient (Wildman–Crippen LogP) is 3.95. The molecule has 1 amide bonds. The molecule has 0 radical (unpaired) electrons. The third-order valence-electron chi connectivity index (χ3n) is 6.67. The van der Waals surface area contributed by atoms with Crippen molar-refractivity contribution in [3.63, 3.8) is 0 Å². The fourth-order valence-electron chi connectivity index (χ4n) is 5.06. The van der Waals surface area contributed by atoms with Gasteiger partial charge in [0, 0.05) is 16.8 Å². The van der Waals surface area contributed by atoms with Crippen LogP contribution in [0.15, 0.2) is 36.4 Å². The standard InChI is InChI=1S/C24H23F3N4O2/c1-14-9-23(10-14,22(29)30(2)13-28)16-4-3-5-17(8-16)31-11-19-18(21(31)33)6-15(12-32)7-20(19)24(25,26)27/h3-8,12-14,28-29H,9-11H2,1-2H3/p+1. The second kappa shape index (κ2) is 7.83. The molecule has 0 bridgehead atoms. The van der Waals surface area contributed by atoms with Crippen LogP contribution in [0.2, 0.25) is 0 Å². The molecule has 1 fully saturated rings. The maximum atomic E-state index is 13.6. The van der Waals surface area contributed by atoms with Gasteiger partial charge >= 0.3 is 6.18 Å². The number of fused-ring (bicyclic) bond motifs is 1. The summed E-state index contributed by atoms with van der Waals surface area (Å²) in [6.45, 7) is 1.86. The molecule has 2 aliphatic rings. The van der Waals surface area contributed by atoms with Crippen LogP contribution in [0.25, 0.3) is 0 Å². The minimum absolute atomic E-state index is 0.112. The van der Waals surface area contributed by atoms with Crippen molar-refractivity contribution < 1.29 is 27.3 Å². The number of anilines is 1. The van der Waals surface area contributed by atoms with E-state index in [1.807, 2.05) is 6.07 Å². The molecule has 0 unspecified atom stereocenters. The molecule has 3 N–H and O–H groups in total. The number of benzene rings is 2. The van der Waals surface area contributed by atoms with E-state index in [0.717, 1.165) is 30.8 Å². The average molecular weight is 457 g/mol. The van der Waals surface area contributed by atoms with Gasteiger partial charge in [-0.2, -0.15) is 18.6 Å². The summed E-state index contributed by atoms with van der Waals surface area (Å²) in [7, 11) is 1.70. The summed E-state index contributed by atoms with van der Waals surface area (Å²) in [5, 5.41) is 7.54. The molecule has 0 spiro atoms. The monoisotopic (exact) mass is 457 g/mol. The van der Waals surface area contributed by atoms with Crippen molar-refractivity contribution in [2.45, 2.75) is 37.9 Å². The van der Waals surface area contributed by atoms with Crippen LogP contribution in [0.4, 0.5) is 18.9 Å². The van der Waals surface area contributed by atoms with Gasteiger partial charge < -0.3 is 10.6 Å². The van der Waals surface area contributed by atoms with Gasteiger partial charge in [-0.3, -0.25) is 9.59 Å². The van der Waals surface area contributed by atoms with Crippen LogP contribution in [0.3, 0.4) is 0 Å². The topological polar surface area (TPSA) is 90.3 Å². The van der Waals surface area contributed by atoms with Crippen molar-refractivity contribution in [1.82, 2.24) is 0 Å². The second-order valence-corrected chi connectivity index (χ2v) is 8.87. The van der Waals surface area contributed by atoms with E-state index in [2.05, 4.69) is 6.92 Å². The van der Waals surface area contributed by atoms with Gasteiger partial charge in [0.1, 0.15) is 6.29 Å². The van der Waals surface area contributed by atoms with E-state index in [0.29, 0.717) is 23.7 Å². The molecular formula is C24H24F3N4O2+. The lowest BCUT2D eigenvalue weighted by Crippen LogP contribution is -2.54. The number of nitrogens with one attached hydrogen (secondary N) is 1. The first-order chi connectivity index (χ1) is 15.5. The van der Waals surface area contributed by atoms with Gasteiger partial charge in [-0.25, -0.2) is 4.58 Å². The number of alkyl halides is 3.